The fraction of sp³-hybridized carbons (Fsp3) is 1.00. The SMILES string of the molecule is CP(C)(=O)C1CCCCCNC1. The minimum Gasteiger partial charge on any atom is -0.324 e. The van der Waals surface area contributed by atoms with Crippen molar-refractivity contribution in [3.8, 4) is 0 Å². The monoisotopic (exact) mass is 189 g/mol. The average molecular weight is 189 g/mol. The number of rotatable bonds is 1. The maximum atomic E-state index is 11.8. The highest BCUT2D eigenvalue weighted by molar-refractivity contribution is 7.63. The molecule has 0 saturated carbocycles. The lowest BCUT2D eigenvalue weighted by atomic mass is 10.1. The van der Waals surface area contributed by atoms with Crippen LogP contribution < -0.4 is 5.32 Å². The molecule has 0 radical (unpaired) electrons. The molecule has 1 N–H and O–H groups in total. The lowest BCUT2D eigenvalue weighted by Gasteiger charge is -2.23. The summed E-state index contributed by atoms with van der Waals surface area (Å²) in [6.45, 7) is 5.91. The minimum absolute atomic E-state index is 0.429. The first-order valence-corrected chi connectivity index (χ1v) is 7.53. The molecule has 1 atom stereocenters. The van der Waals surface area contributed by atoms with Crippen LogP contribution in [-0.4, -0.2) is 32.1 Å². The maximum Gasteiger partial charge on any atom is 0.0860 e. The molecule has 1 fully saturated rings. The van der Waals surface area contributed by atoms with Crippen LogP contribution in [0.25, 0.3) is 0 Å². The molecule has 3 heteroatoms. The number of hydrogen-bond acceptors (Lipinski definition) is 2. The Labute approximate surface area is 75.5 Å². The number of nitrogens with one attached hydrogen (secondary N) is 1. The van der Waals surface area contributed by atoms with Gasteiger partial charge < -0.3 is 9.88 Å². The predicted molar refractivity (Wildman–Crippen MR) is 54.6 cm³/mol. The van der Waals surface area contributed by atoms with Crippen molar-refractivity contribution < 1.29 is 4.57 Å². The summed E-state index contributed by atoms with van der Waals surface area (Å²) in [4.78, 5) is 0. The molecule has 0 aromatic heterocycles. The van der Waals surface area contributed by atoms with Crippen LogP contribution in [0.15, 0.2) is 0 Å². The minimum atomic E-state index is -1.85. The van der Waals surface area contributed by atoms with Crippen LogP contribution in [0.3, 0.4) is 0 Å². The molecule has 0 aromatic carbocycles. The first kappa shape index (κ1) is 10.3. The first-order valence-electron chi connectivity index (χ1n) is 4.86. The Morgan fingerprint density at radius 2 is 2.00 bits per heavy atom. The Balaban J connectivity index is 2.45. The van der Waals surface area contributed by atoms with Gasteiger partial charge >= 0.3 is 0 Å². The van der Waals surface area contributed by atoms with Crippen LogP contribution in [0, 0.1) is 0 Å². The Hall–Kier alpha value is 0.190. The van der Waals surface area contributed by atoms with Crippen LogP contribution >= 0.6 is 7.14 Å². The summed E-state index contributed by atoms with van der Waals surface area (Å²) >= 11 is 0. The fourth-order valence-electron chi connectivity index (χ4n) is 1.71. The van der Waals surface area contributed by atoms with Crippen LogP contribution in [-0.2, 0) is 4.57 Å². The van der Waals surface area contributed by atoms with Crippen molar-refractivity contribution in [3.63, 3.8) is 0 Å². The predicted octanol–water partition coefficient (Wildman–Crippen LogP) is 2.14. The van der Waals surface area contributed by atoms with Gasteiger partial charge in [-0.2, -0.15) is 0 Å². The number of hydrogen-bond donors (Lipinski definition) is 1. The van der Waals surface area contributed by atoms with Crippen molar-refractivity contribution >= 4 is 7.14 Å². The van der Waals surface area contributed by atoms with E-state index in [4.69, 9.17) is 0 Å². The molecule has 72 valence electrons. The van der Waals surface area contributed by atoms with Gasteiger partial charge in [0.05, 0.1) is 7.14 Å². The van der Waals surface area contributed by atoms with Gasteiger partial charge in [-0.05, 0) is 32.7 Å². The van der Waals surface area contributed by atoms with E-state index in [0.717, 1.165) is 19.5 Å². The van der Waals surface area contributed by atoms with Gasteiger partial charge in [0.15, 0.2) is 0 Å². The van der Waals surface area contributed by atoms with Crippen LogP contribution in [0.2, 0.25) is 0 Å². The van der Waals surface area contributed by atoms with Gasteiger partial charge in [-0.25, -0.2) is 0 Å². The summed E-state index contributed by atoms with van der Waals surface area (Å²) in [6.07, 6.45) is 4.99. The average Bonchev–Trinajstić information content (AvgIpc) is 1.81. The fourth-order valence-corrected chi connectivity index (χ4v) is 3.08. The molecule has 1 rings (SSSR count). The zero-order chi connectivity index (χ0) is 9.03. The molecule has 1 aliphatic heterocycles. The molecule has 0 bridgehead atoms. The molecule has 12 heavy (non-hydrogen) atoms. The molecule has 1 aliphatic rings. The van der Waals surface area contributed by atoms with Crippen LogP contribution in [0.1, 0.15) is 25.7 Å². The summed E-state index contributed by atoms with van der Waals surface area (Å²) in [5.74, 6) is 0. The molecule has 0 amide bonds. The maximum absolute atomic E-state index is 11.8. The molecule has 1 saturated heterocycles. The normalized spacial score (nSPS) is 27.7. The molecule has 0 spiro atoms. The van der Waals surface area contributed by atoms with E-state index in [9.17, 15) is 4.57 Å². The third-order valence-corrected chi connectivity index (χ3v) is 4.85. The van der Waals surface area contributed by atoms with E-state index in [1.807, 2.05) is 13.3 Å². The Morgan fingerprint density at radius 3 is 2.67 bits per heavy atom. The zero-order valence-electron chi connectivity index (χ0n) is 8.18. The highest BCUT2D eigenvalue weighted by atomic mass is 31.2. The zero-order valence-corrected chi connectivity index (χ0v) is 9.07. The lowest BCUT2D eigenvalue weighted by Crippen LogP contribution is -2.29. The van der Waals surface area contributed by atoms with Gasteiger partial charge in [0.2, 0.25) is 0 Å². The van der Waals surface area contributed by atoms with Crippen molar-refractivity contribution in [3.05, 3.63) is 0 Å². The largest absolute Gasteiger partial charge is 0.324 e. The van der Waals surface area contributed by atoms with Gasteiger partial charge in [0.25, 0.3) is 0 Å². The smallest absolute Gasteiger partial charge is 0.0860 e. The van der Waals surface area contributed by atoms with E-state index in [-0.39, 0.29) is 0 Å². The summed E-state index contributed by atoms with van der Waals surface area (Å²) in [5.41, 5.74) is 0.429. The summed E-state index contributed by atoms with van der Waals surface area (Å²) in [6, 6.07) is 0. The summed E-state index contributed by atoms with van der Waals surface area (Å²) in [7, 11) is -1.85. The summed E-state index contributed by atoms with van der Waals surface area (Å²) < 4.78 is 11.8. The van der Waals surface area contributed by atoms with E-state index in [2.05, 4.69) is 5.32 Å². The Morgan fingerprint density at radius 1 is 1.25 bits per heavy atom. The van der Waals surface area contributed by atoms with E-state index in [0.29, 0.717) is 5.66 Å². The molecular weight excluding hydrogens is 169 g/mol. The van der Waals surface area contributed by atoms with E-state index in [1.54, 1.807) is 0 Å². The van der Waals surface area contributed by atoms with Crippen molar-refractivity contribution in [2.75, 3.05) is 26.4 Å². The second-order valence-electron chi connectivity index (χ2n) is 4.14. The molecule has 2 nitrogen and oxygen atoms in total. The van der Waals surface area contributed by atoms with Gasteiger partial charge in [0, 0.05) is 12.2 Å². The first-order chi connectivity index (χ1) is 5.61. The molecular formula is C9H20NOP. The Bertz CT molecular complexity index is 167. The van der Waals surface area contributed by atoms with E-state index in [1.165, 1.54) is 19.3 Å². The highest BCUT2D eigenvalue weighted by Crippen LogP contribution is 2.44. The van der Waals surface area contributed by atoms with Crippen molar-refractivity contribution in [2.45, 2.75) is 31.3 Å². The molecule has 1 unspecified atom stereocenters. The third-order valence-electron chi connectivity index (χ3n) is 2.65. The summed E-state index contributed by atoms with van der Waals surface area (Å²) in [5, 5.41) is 3.37. The molecule has 0 aromatic rings. The molecule has 1 heterocycles. The second-order valence-corrected chi connectivity index (χ2v) is 7.74. The van der Waals surface area contributed by atoms with Gasteiger partial charge in [0.1, 0.15) is 0 Å². The van der Waals surface area contributed by atoms with Crippen LogP contribution in [0.5, 0.6) is 0 Å². The molecule has 0 aliphatic carbocycles. The van der Waals surface area contributed by atoms with E-state index < -0.39 is 7.14 Å². The van der Waals surface area contributed by atoms with Gasteiger partial charge in [-0.3, -0.25) is 0 Å². The second kappa shape index (κ2) is 4.43. The van der Waals surface area contributed by atoms with Crippen molar-refractivity contribution in [2.24, 2.45) is 0 Å². The standard InChI is InChI=1S/C9H20NOP/c1-12(2,11)9-6-4-3-5-7-10-8-9/h9-10H,3-8H2,1-2H3. The topological polar surface area (TPSA) is 29.1 Å². The van der Waals surface area contributed by atoms with E-state index >= 15 is 0 Å². The van der Waals surface area contributed by atoms with Gasteiger partial charge in [-0.1, -0.05) is 12.8 Å². The lowest BCUT2D eigenvalue weighted by molar-refractivity contribution is 0.500. The Kier molecular flexibility index (Phi) is 3.79. The van der Waals surface area contributed by atoms with Crippen LogP contribution in [0.4, 0.5) is 0 Å². The highest BCUT2D eigenvalue weighted by Gasteiger charge is 2.22. The third kappa shape index (κ3) is 3.28. The van der Waals surface area contributed by atoms with Crippen molar-refractivity contribution in [1.29, 1.82) is 0 Å². The van der Waals surface area contributed by atoms with Gasteiger partial charge in [-0.15, -0.1) is 0 Å². The van der Waals surface area contributed by atoms with Crippen molar-refractivity contribution in [1.82, 2.24) is 5.32 Å². The quantitative estimate of drug-likeness (QED) is 0.640.